The minimum absolute atomic E-state index is 0.0592. The minimum atomic E-state index is -2.72. The van der Waals surface area contributed by atoms with Gasteiger partial charge in [0.25, 0.3) is 5.91 Å². The number of Topliss-reactive ketones (excluding diaryl/α,β-unsaturated/α-hetero) is 2. The van der Waals surface area contributed by atoms with Gasteiger partial charge in [-0.1, -0.05) is 12.1 Å². The molecule has 3 aliphatic carbocycles. The van der Waals surface area contributed by atoms with Gasteiger partial charge in [0.05, 0.1) is 18.2 Å². The highest BCUT2D eigenvalue weighted by molar-refractivity contribution is 6.33. The second-order valence-corrected chi connectivity index (χ2v) is 9.35. The Morgan fingerprint density at radius 1 is 1.19 bits per heavy atom. The molecule has 0 heterocycles. The fraction of sp³-hybridized carbons (Fsp3) is 0.440. The van der Waals surface area contributed by atoms with Gasteiger partial charge in [0.1, 0.15) is 22.8 Å². The van der Waals surface area contributed by atoms with Gasteiger partial charge in [-0.15, -0.1) is 0 Å². The molecule has 1 aromatic rings. The monoisotopic (exact) mass is 500 g/mol. The first-order valence-corrected chi connectivity index (χ1v) is 11.5. The number of aliphatic hydroxyl groups is 2. The van der Waals surface area contributed by atoms with E-state index in [1.54, 1.807) is 38.1 Å². The Morgan fingerprint density at radius 3 is 2.50 bits per heavy atom. The third-order valence-corrected chi connectivity index (χ3v) is 7.08. The van der Waals surface area contributed by atoms with Crippen LogP contribution >= 0.6 is 0 Å². The van der Waals surface area contributed by atoms with Crippen molar-refractivity contribution in [2.45, 2.75) is 31.4 Å². The molecule has 0 aliphatic heterocycles. The van der Waals surface area contributed by atoms with Crippen molar-refractivity contribution >= 4 is 29.2 Å². The number of rotatable bonds is 6. The molecule has 192 valence electrons. The van der Waals surface area contributed by atoms with Crippen molar-refractivity contribution in [3.05, 3.63) is 46.2 Å². The van der Waals surface area contributed by atoms with Crippen LogP contribution in [-0.4, -0.2) is 82.6 Å². The van der Waals surface area contributed by atoms with E-state index in [0.29, 0.717) is 5.56 Å². The quantitative estimate of drug-likeness (QED) is 0.236. The Morgan fingerprint density at radius 2 is 1.89 bits per heavy atom. The van der Waals surface area contributed by atoms with Gasteiger partial charge in [0, 0.05) is 11.5 Å². The van der Waals surface area contributed by atoms with E-state index in [1.807, 2.05) is 0 Å². The number of primary amides is 1. The summed E-state index contributed by atoms with van der Waals surface area (Å²) < 4.78 is 10.5. The van der Waals surface area contributed by atoms with Crippen molar-refractivity contribution in [1.82, 2.24) is 4.90 Å². The molecule has 0 saturated heterocycles. The van der Waals surface area contributed by atoms with Gasteiger partial charge in [-0.2, -0.15) is 0 Å². The molecule has 1 fully saturated rings. The predicted octanol–water partition coefficient (Wildman–Crippen LogP) is -0.0143. The van der Waals surface area contributed by atoms with Crippen molar-refractivity contribution in [3.8, 4) is 5.75 Å². The zero-order valence-electron chi connectivity index (χ0n) is 20.1. The molecule has 11 heteroatoms. The highest BCUT2D eigenvalue weighted by Gasteiger charge is 2.65. The van der Waals surface area contributed by atoms with Crippen LogP contribution in [0.4, 0.5) is 0 Å². The molecule has 11 nitrogen and oxygen atoms in total. The Balaban J connectivity index is 1.88. The molecule has 0 radical (unpaired) electrons. The standard InChI is InChI=1S/C25H28N2O9/c1-4-35-15(29)10-36-21-18(24(26)33)23(32)25(34)13(19(21)27(2)3)9-12-8-11-6-5-7-14(28)16(11)20(30)17(12)22(25)31/h5-7,12-13,19,28,30,34H,4,8-10H2,1-3H3,(H2,26,33)/t12-,13-,19-,25-/m0/s1. The van der Waals surface area contributed by atoms with Crippen LogP contribution in [0.25, 0.3) is 5.76 Å². The van der Waals surface area contributed by atoms with Crippen molar-refractivity contribution < 1.29 is 44.0 Å². The number of phenols is 1. The second-order valence-electron chi connectivity index (χ2n) is 9.35. The molecule has 1 saturated carbocycles. The zero-order chi connectivity index (χ0) is 26.5. The van der Waals surface area contributed by atoms with E-state index >= 15 is 0 Å². The summed E-state index contributed by atoms with van der Waals surface area (Å²) in [5.74, 6) is -6.96. The number of nitrogens with zero attached hydrogens (tertiary/aromatic N) is 1. The average Bonchev–Trinajstić information content (AvgIpc) is 2.79. The first kappa shape index (κ1) is 25.4. The predicted molar refractivity (Wildman–Crippen MR) is 124 cm³/mol. The molecule has 0 unspecified atom stereocenters. The Labute approximate surface area is 206 Å². The number of aliphatic hydroxyl groups excluding tert-OH is 1. The highest BCUT2D eigenvalue weighted by atomic mass is 16.6. The molecule has 0 spiro atoms. The Kier molecular flexibility index (Phi) is 6.40. The Bertz CT molecular complexity index is 1230. The van der Waals surface area contributed by atoms with Gasteiger partial charge in [-0.05, 0) is 51.4 Å². The maximum Gasteiger partial charge on any atom is 0.344 e. The molecular weight excluding hydrogens is 472 g/mol. The molecule has 0 bridgehead atoms. The number of fused-ring (bicyclic) bond motifs is 3. The normalized spacial score (nSPS) is 27.4. The highest BCUT2D eigenvalue weighted by Crippen LogP contribution is 2.52. The molecule has 0 aromatic heterocycles. The SMILES string of the molecule is CCOC(=O)COC1=C(C(N)=O)C(=O)[C@@]2(O)C(=O)C3=C(O)c4c(O)cccc4C[C@H]3C[C@H]2[C@@H]1N(C)C. The third kappa shape index (κ3) is 3.66. The van der Waals surface area contributed by atoms with Crippen molar-refractivity contribution in [1.29, 1.82) is 0 Å². The van der Waals surface area contributed by atoms with Gasteiger partial charge < -0.3 is 30.5 Å². The number of hydrogen-bond acceptors (Lipinski definition) is 10. The molecule has 4 rings (SSSR count). The van der Waals surface area contributed by atoms with Crippen molar-refractivity contribution in [2.75, 3.05) is 27.3 Å². The van der Waals surface area contributed by atoms with Crippen molar-refractivity contribution in [2.24, 2.45) is 17.6 Å². The summed E-state index contributed by atoms with van der Waals surface area (Å²) in [6.07, 6.45) is 0.324. The number of ketones is 2. The average molecular weight is 501 g/mol. The second kappa shape index (κ2) is 9.07. The number of carbonyl (C=O) groups is 4. The molecule has 36 heavy (non-hydrogen) atoms. The molecule has 5 N–H and O–H groups in total. The topological polar surface area (TPSA) is 177 Å². The maximum absolute atomic E-state index is 13.8. The number of ether oxygens (including phenoxy) is 2. The summed E-state index contributed by atoms with van der Waals surface area (Å²) in [5, 5.41) is 33.0. The number of carbonyl (C=O) groups excluding carboxylic acids is 4. The van der Waals surface area contributed by atoms with Crippen LogP contribution in [0.5, 0.6) is 5.75 Å². The van der Waals surface area contributed by atoms with Crippen LogP contribution in [0, 0.1) is 11.8 Å². The summed E-state index contributed by atoms with van der Waals surface area (Å²) in [5.41, 5.74) is 2.52. The van der Waals surface area contributed by atoms with Gasteiger partial charge in [-0.25, -0.2) is 4.79 Å². The first-order valence-electron chi connectivity index (χ1n) is 11.5. The molecule has 4 atom stereocenters. The summed E-state index contributed by atoms with van der Waals surface area (Å²) in [6.45, 7) is 1.09. The van der Waals surface area contributed by atoms with Crippen LogP contribution < -0.4 is 5.73 Å². The first-order chi connectivity index (χ1) is 16.9. The number of aromatic hydroxyl groups is 1. The minimum Gasteiger partial charge on any atom is -0.507 e. The van der Waals surface area contributed by atoms with E-state index in [2.05, 4.69) is 0 Å². The van der Waals surface area contributed by atoms with E-state index in [9.17, 15) is 34.5 Å². The summed E-state index contributed by atoms with van der Waals surface area (Å²) in [4.78, 5) is 53.3. The van der Waals surface area contributed by atoms with Crippen LogP contribution in [-0.2, 0) is 35.1 Å². The summed E-state index contributed by atoms with van der Waals surface area (Å²) in [6, 6.07) is 3.70. The number of likely N-dealkylation sites (N-methyl/N-ethyl adjacent to an activating group) is 1. The lowest BCUT2D eigenvalue weighted by Crippen LogP contribution is -2.67. The largest absolute Gasteiger partial charge is 0.507 e. The lowest BCUT2D eigenvalue weighted by molar-refractivity contribution is -0.164. The van der Waals surface area contributed by atoms with E-state index in [1.165, 1.54) is 6.07 Å². The number of esters is 1. The fourth-order valence-corrected chi connectivity index (χ4v) is 5.66. The summed E-state index contributed by atoms with van der Waals surface area (Å²) in [7, 11) is 3.21. The number of hydrogen-bond donors (Lipinski definition) is 4. The number of benzene rings is 1. The van der Waals surface area contributed by atoms with Crippen LogP contribution in [0.2, 0.25) is 0 Å². The maximum atomic E-state index is 13.8. The van der Waals surface area contributed by atoms with Crippen LogP contribution in [0.1, 0.15) is 24.5 Å². The third-order valence-electron chi connectivity index (χ3n) is 7.08. The molecule has 1 amide bonds. The van der Waals surface area contributed by atoms with Crippen LogP contribution in [0.15, 0.2) is 35.1 Å². The molecule has 3 aliphatic rings. The lowest BCUT2D eigenvalue weighted by Gasteiger charge is -2.50. The van der Waals surface area contributed by atoms with E-state index in [0.717, 1.165) is 0 Å². The zero-order valence-corrected chi connectivity index (χ0v) is 20.1. The van der Waals surface area contributed by atoms with Gasteiger partial charge in [0.2, 0.25) is 11.6 Å². The number of nitrogens with two attached hydrogens (primary N) is 1. The van der Waals surface area contributed by atoms with Gasteiger partial charge in [-0.3, -0.25) is 19.3 Å². The van der Waals surface area contributed by atoms with E-state index in [4.69, 9.17) is 15.2 Å². The fourth-order valence-electron chi connectivity index (χ4n) is 5.66. The molecular formula is C25H28N2O9. The smallest absolute Gasteiger partial charge is 0.344 e. The number of phenolic OH excluding ortho intramolecular Hbond substituents is 1. The van der Waals surface area contributed by atoms with Crippen molar-refractivity contribution in [3.63, 3.8) is 0 Å². The van der Waals surface area contributed by atoms with Crippen LogP contribution in [0.3, 0.4) is 0 Å². The Hall–Kier alpha value is -3.70. The molecule has 1 aromatic carbocycles. The summed E-state index contributed by atoms with van der Waals surface area (Å²) >= 11 is 0. The van der Waals surface area contributed by atoms with E-state index in [-0.39, 0.29) is 42.1 Å². The van der Waals surface area contributed by atoms with Gasteiger partial charge >= 0.3 is 5.97 Å². The number of amides is 1. The lowest BCUT2D eigenvalue weighted by atomic mass is 9.57. The van der Waals surface area contributed by atoms with Gasteiger partial charge in [0.15, 0.2) is 12.2 Å². The van der Waals surface area contributed by atoms with E-state index < -0.39 is 64.9 Å².